The highest BCUT2D eigenvalue weighted by Crippen LogP contribution is 2.09. The van der Waals surface area contributed by atoms with Gasteiger partial charge in [-0.25, -0.2) is 0 Å². The summed E-state index contributed by atoms with van der Waals surface area (Å²) in [4.78, 5) is 0. The van der Waals surface area contributed by atoms with Crippen LogP contribution in [0.25, 0.3) is 0 Å². The zero-order valence-electron chi connectivity index (χ0n) is 18.2. The molecule has 1 fully saturated rings. The molecule has 6 nitrogen and oxygen atoms in total. The van der Waals surface area contributed by atoms with Gasteiger partial charge in [0, 0.05) is 6.61 Å². The third kappa shape index (κ3) is 17.8. The molecule has 0 aliphatic carbocycles. The smallest absolute Gasteiger partial charge is 0.104 e. The lowest BCUT2D eigenvalue weighted by Crippen LogP contribution is -2.28. The first-order chi connectivity index (χ1) is 13.9. The van der Waals surface area contributed by atoms with Crippen LogP contribution in [0.15, 0.2) is 0 Å². The van der Waals surface area contributed by atoms with Gasteiger partial charge in [-0.1, -0.05) is 58.3 Å². The molecule has 1 atom stereocenters. The largest absolute Gasteiger partial charge is 0.379 e. The Kier molecular flexibility index (Phi) is 19.8. The van der Waals surface area contributed by atoms with E-state index in [-0.39, 0.29) is 6.10 Å². The summed E-state index contributed by atoms with van der Waals surface area (Å²) in [6, 6.07) is 0. The minimum atomic E-state index is -0.0523. The van der Waals surface area contributed by atoms with Crippen LogP contribution < -0.4 is 0 Å². The Hall–Kier alpha value is -0.240. The van der Waals surface area contributed by atoms with Gasteiger partial charge in [0.05, 0.1) is 66.1 Å². The Morgan fingerprint density at radius 1 is 0.607 bits per heavy atom. The lowest BCUT2D eigenvalue weighted by molar-refractivity contribution is -0.0778. The zero-order chi connectivity index (χ0) is 20.0. The van der Waals surface area contributed by atoms with Gasteiger partial charge < -0.3 is 28.4 Å². The molecule has 1 aliphatic rings. The summed E-state index contributed by atoms with van der Waals surface area (Å²) in [6.07, 6.45) is 11.9. The van der Waals surface area contributed by atoms with Crippen LogP contribution in [0.4, 0.5) is 0 Å². The fourth-order valence-electron chi connectivity index (χ4n) is 3.02. The predicted molar refractivity (Wildman–Crippen MR) is 111 cm³/mol. The van der Waals surface area contributed by atoms with E-state index < -0.39 is 0 Å². The molecule has 0 amide bonds. The molecule has 1 heterocycles. The van der Waals surface area contributed by atoms with Crippen molar-refractivity contribution in [3.63, 3.8) is 0 Å². The second kappa shape index (κ2) is 21.5. The van der Waals surface area contributed by atoms with E-state index in [1.54, 1.807) is 0 Å². The Labute approximate surface area is 172 Å². The summed E-state index contributed by atoms with van der Waals surface area (Å²) in [6.45, 7) is 8.76. The van der Waals surface area contributed by atoms with E-state index in [9.17, 15) is 0 Å². The van der Waals surface area contributed by atoms with Crippen molar-refractivity contribution in [3.05, 3.63) is 0 Å². The van der Waals surface area contributed by atoms with Gasteiger partial charge in [0.2, 0.25) is 0 Å². The minimum absolute atomic E-state index is 0.0523. The van der Waals surface area contributed by atoms with Crippen molar-refractivity contribution in [2.75, 3.05) is 72.7 Å². The molecule has 6 heteroatoms. The molecular weight excluding hydrogens is 360 g/mol. The molecule has 0 aromatic carbocycles. The maximum absolute atomic E-state index is 5.85. The van der Waals surface area contributed by atoms with Crippen LogP contribution in [-0.4, -0.2) is 78.8 Å². The van der Waals surface area contributed by atoms with Crippen LogP contribution in [0.3, 0.4) is 0 Å². The van der Waals surface area contributed by atoms with Crippen LogP contribution in [0.2, 0.25) is 0 Å². The van der Waals surface area contributed by atoms with Crippen molar-refractivity contribution in [2.45, 2.75) is 70.8 Å². The summed E-state index contributed by atoms with van der Waals surface area (Å²) in [5.74, 6) is 0. The predicted octanol–water partition coefficient (Wildman–Crippen LogP) is 4.00. The Morgan fingerprint density at radius 3 is 1.71 bits per heavy atom. The third-order valence-corrected chi connectivity index (χ3v) is 4.70. The van der Waals surface area contributed by atoms with Crippen molar-refractivity contribution in [1.82, 2.24) is 0 Å². The highest BCUT2D eigenvalue weighted by molar-refractivity contribution is 4.56. The number of hydrogen-bond acceptors (Lipinski definition) is 6. The van der Waals surface area contributed by atoms with Crippen molar-refractivity contribution in [3.8, 4) is 0 Å². The van der Waals surface area contributed by atoms with Gasteiger partial charge in [0.1, 0.15) is 6.10 Å². The SMILES string of the molecule is CCCCCCCCCCCOCC1COCCOCCOCCOCCO1. The molecule has 1 saturated heterocycles. The quantitative estimate of drug-likeness (QED) is 0.458. The number of ether oxygens (including phenoxy) is 6. The topological polar surface area (TPSA) is 55.4 Å². The summed E-state index contributed by atoms with van der Waals surface area (Å²) >= 11 is 0. The van der Waals surface area contributed by atoms with Crippen LogP contribution in [0, 0.1) is 0 Å². The highest BCUT2D eigenvalue weighted by atomic mass is 16.6. The van der Waals surface area contributed by atoms with Crippen LogP contribution in [0.5, 0.6) is 0 Å². The monoisotopic (exact) mass is 404 g/mol. The maximum Gasteiger partial charge on any atom is 0.104 e. The van der Waals surface area contributed by atoms with Crippen LogP contribution in [0.1, 0.15) is 64.7 Å². The number of hydrogen-bond donors (Lipinski definition) is 0. The fraction of sp³-hybridized carbons (Fsp3) is 1.00. The highest BCUT2D eigenvalue weighted by Gasteiger charge is 2.10. The Morgan fingerprint density at radius 2 is 1.11 bits per heavy atom. The van der Waals surface area contributed by atoms with E-state index in [1.807, 2.05) is 0 Å². The van der Waals surface area contributed by atoms with Gasteiger partial charge in [-0.3, -0.25) is 0 Å². The molecule has 1 unspecified atom stereocenters. The molecule has 0 bridgehead atoms. The molecule has 0 N–H and O–H groups in total. The van der Waals surface area contributed by atoms with Gasteiger partial charge in [-0.05, 0) is 6.42 Å². The standard InChI is InChI=1S/C22H44O6/c1-2-3-4-5-6-7-8-9-10-11-26-20-22-21-27-17-16-24-13-12-23-14-15-25-18-19-28-22/h22H,2-21H2,1H3. The van der Waals surface area contributed by atoms with E-state index in [0.29, 0.717) is 66.1 Å². The summed E-state index contributed by atoms with van der Waals surface area (Å²) in [7, 11) is 0. The third-order valence-electron chi connectivity index (χ3n) is 4.70. The number of unbranched alkanes of at least 4 members (excludes halogenated alkanes) is 8. The molecule has 0 saturated carbocycles. The zero-order valence-corrected chi connectivity index (χ0v) is 18.2. The van der Waals surface area contributed by atoms with Crippen LogP contribution in [-0.2, 0) is 28.4 Å². The van der Waals surface area contributed by atoms with Gasteiger partial charge >= 0.3 is 0 Å². The van der Waals surface area contributed by atoms with E-state index in [0.717, 1.165) is 13.0 Å². The van der Waals surface area contributed by atoms with E-state index >= 15 is 0 Å². The molecule has 28 heavy (non-hydrogen) atoms. The molecule has 1 rings (SSSR count). The van der Waals surface area contributed by atoms with Crippen molar-refractivity contribution in [2.24, 2.45) is 0 Å². The average Bonchev–Trinajstić information content (AvgIpc) is 2.72. The van der Waals surface area contributed by atoms with Crippen molar-refractivity contribution < 1.29 is 28.4 Å². The Balaban J connectivity index is 2.02. The summed E-state index contributed by atoms with van der Waals surface area (Å²) in [5.41, 5.74) is 0. The first-order valence-corrected chi connectivity index (χ1v) is 11.4. The average molecular weight is 405 g/mol. The normalized spacial score (nSPS) is 21.1. The maximum atomic E-state index is 5.85. The summed E-state index contributed by atoms with van der Waals surface area (Å²) < 4.78 is 33.7. The number of rotatable bonds is 12. The molecule has 0 aromatic heterocycles. The molecule has 0 radical (unpaired) electrons. The molecule has 1 aliphatic heterocycles. The lowest BCUT2D eigenvalue weighted by Gasteiger charge is -2.18. The second-order valence-corrected chi connectivity index (χ2v) is 7.31. The fourth-order valence-corrected chi connectivity index (χ4v) is 3.02. The first kappa shape index (κ1) is 25.8. The molecule has 0 spiro atoms. The summed E-state index contributed by atoms with van der Waals surface area (Å²) in [5, 5.41) is 0. The molecule has 0 aromatic rings. The second-order valence-electron chi connectivity index (χ2n) is 7.31. The molecule has 168 valence electrons. The minimum Gasteiger partial charge on any atom is -0.379 e. The van der Waals surface area contributed by atoms with E-state index in [4.69, 9.17) is 28.4 Å². The van der Waals surface area contributed by atoms with Gasteiger partial charge in [-0.15, -0.1) is 0 Å². The first-order valence-electron chi connectivity index (χ1n) is 11.4. The van der Waals surface area contributed by atoms with Crippen molar-refractivity contribution in [1.29, 1.82) is 0 Å². The van der Waals surface area contributed by atoms with Crippen LogP contribution >= 0.6 is 0 Å². The Bertz CT molecular complexity index is 287. The van der Waals surface area contributed by atoms with Gasteiger partial charge in [0.15, 0.2) is 0 Å². The van der Waals surface area contributed by atoms with Gasteiger partial charge in [-0.2, -0.15) is 0 Å². The van der Waals surface area contributed by atoms with Crippen molar-refractivity contribution >= 4 is 0 Å². The lowest BCUT2D eigenvalue weighted by atomic mass is 10.1. The van der Waals surface area contributed by atoms with Gasteiger partial charge in [0.25, 0.3) is 0 Å². The van der Waals surface area contributed by atoms with E-state index in [2.05, 4.69) is 6.92 Å². The molecular formula is C22H44O6. The van der Waals surface area contributed by atoms with E-state index in [1.165, 1.54) is 51.4 Å².